The number of nitrogens with two attached hydrogens (primary N) is 1. The highest BCUT2D eigenvalue weighted by atomic mass is 35.5. The fourth-order valence-electron chi connectivity index (χ4n) is 6.29. The van der Waals surface area contributed by atoms with Gasteiger partial charge >= 0.3 is 0 Å². The molecule has 47 heavy (non-hydrogen) atoms. The lowest BCUT2D eigenvalue weighted by atomic mass is 10.0. The second kappa shape index (κ2) is 12.8. The summed E-state index contributed by atoms with van der Waals surface area (Å²) in [6, 6.07) is 4.65. The number of piperazine rings is 1. The molecule has 1 aliphatic rings. The second-order valence-electron chi connectivity index (χ2n) is 11.8. The van der Waals surface area contributed by atoms with Crippen LogP contribution in [-0.2, 0) is 4.79 Å². The fraction of sp³-hybridized carbons (Fsp3) is 0.303. The van der Waals surface area contributed by atoms with Gasteiger partial charge < -0.3 is 15.5 Å². The van der Waals surface area contributed by atoms with Gasteiger partial charge in [0.25, 0.3) is 5.56 Å². The molecular weight excluding hydrogens is 671 g/mol. The molecule has 9 nitrogen and oxygen atoms in total. The van der Waals surface area contributed by atoms with E-state index in [9.17, 15) is 23.6 Å². The van der Waals surface area contributed by atoms with Crippen molar-refractivity contribution in [1.82, 2.24) is 19.4 Å². The molecule has 0 bridgehead atoms. The SMILES string of the molecule is C=CC(=O)N1[C@H](C)CN(c2c(C#N)c(=O)n(-c3c(C)ccnc3C(C)C)c3nc(-c4c(N)c(F)c(F)c(Cl)c4Cl)c(Cl)cc23)C[C@@H]1C. The standard InChI is InChI=1S/C33H30Cl3F2N7O2/c1-7-21(46)44-16(5)12-43(13-17(44)6)31-18-10-20(34)29(22-23(35)24(36)25(37)26(38)27(22)40)42-32(18)45(33(47)19(31)11-39)30-15(4)8-9-41-28(30)14(2)3/h7-10,14,16-17H,1,12-13,40H2,2-6H3/t16-,17+. The van der Waals surface area contributed by atoms with Crippen LogP contribution in [0.4, 0.5) is 20.2 Å². The number of nitriles is 1. The van der Waals surface area contributed by atoms with E-state index in [2.05, 4.69) is 17.6 Å². The third-order valence-electron chi connectivity index (χ3n) is 8.32. The fourth-order valence-corrected chi connectivity index (χ4v) is 6.99. The monoisotopic (exact) mass is 699 g/mol. The van der Waals surface area contributed by atoms with Crippen molar-refractivity contribution in [3.05, 3.63) is 84.9 Å². The summed E-state index contributed by atoms with van der Waals surface area (Å²) in [5.41, 5.74) is 5.92. The molecule has 1 fully saturated rings. The van der Waals surface area contributed by atoms with Crippen molar-refractivity contribution in [2.75, 3.05) is 23.7 Å². The number of halogens is 5. The molecule has 0 unspecified atom stereocenters. The summed E-state index contributed by atoms with van der Waals surface area (Å²) < 4.78 is 30.7. The molecule has 4 heterocycles. The normalized spacial score (nSPS) is 16.6. The molecular formula is C33H30Cl3F2N7O2. The maximum absolute atomic E-state index is 14.9. The first-order chi connectivity index (χ1) is 22.2. The third-order valence-corrected chi connectivity index (χ3v) is 9.44. The minimum Gasteiger partial charge on any atom is -0.396 e. The highest BCUT2D eigenvalue weighted by molar-refractivity contribution is 6.45. The third kappa shape index (κ3) is 5.48. The molecule has 4 aromatic rings. The molecule has 14 heteroatoms. The second-order valence-corrected chi connectivity index (χ2v) is 12.9. The Morgan fingerprint density at radius 1 is 1.15 bits per heavy atom. The minimum atomic E-state index is -1.44. The summed E-state index contributed by atoms with van der Waals surface area (Å²) in [6.45, 7) is 13.4. The molecule has 2 atom stereocenters. The molecule has 1 amide bonds. The smallest absolute Gasteiger partial charge is 0.276 e. The zero-order valence-electron chi connectivity index (χ0n) is 26.1. The van der Waals surface area contributed by atoms with Crippen LogP contribution in [-0.4, -0.2) is 50.5 Å². The number of amides is 1. The van der Waals surface area contributed by atoms with E-state index in [0.29, 0.717) is 22.3 Å². The Labute approximate surface area is 284 Å². The van der Waals surface area contributed by atoms with E-state index in [-0.39, 0.29) is 70.2 Å². The van der Waals surface area contributed by atoms with Crippen LogP contribution in [0.5, 0.6) is 0 Å². The van der Waals surface area contributed by atoms with Gasteiger partial charge in [0.2, 0.25) is 5.91 Å². The Balaban J connectivity index is 1.95. The molecule has 244 valence electrons. The van der Waals surface area contributed by atoms with Crippen LogP contribution in [0.25, 0.3) is 28.0 Å². The summed E-state index contributed by atoms with van der Waals surface area (Å²) in [6.07, 6.45) is 2.86. The summed E-state index contributed by atoms with van der Waals surface area (Å²) in [5, 5.41) is 9.59. The van der Waals surface area contributed by atoms with Crippen LogP contribution in [0.1, 0.15) is 50.4 Å². The lowest BCUT2D eigenvalue weighted by Gasteiger charge is -2.45. The predicted octanol–water partition coefficient (Wildman–Crippen LogP) is 7.18. The number of carbonyl (C=O) groups is 1. The van der Waals surface area contributed by atoms with Crippen LogP contribution in [0.2, 0.25) is 15.1 Å². The minimum absolute atomic E-state index is 0.0302. The highest BCUT2D eigenvalue weighted by Gasteiger charge is 2.36. The van der Waals surface area contributed by atoms with Crippen molar-refractivity contribution in [2.24, 2.45) is 0 Å². The van der Waals surface area contributed by atoms with Gasteiger partial charge in [0.15, 0.2) is 11.6 Å². The van der Waals surface area contributed by atoms with Gasteiger partial charge in [0, 0.05) is 42.3 Å². The number of anilines is 2. The number of aromatic nitrogens is 3. The topological polar surface area (TPSA) is 121 Å². The number of hydrogen-bond acceptors (Lipinski definition) is 7. The molecule has 3 aromatic heterocycles. The zero-order chi connectivity index (χ0) is 34.6. The van der Waals surface area contributed by atoms with Crippen molar-refractivity contribution in [2.45, 2.75) is 52.6 Å². The lowest BCUT2D eigenvalue weighted by molar-refractivity contribution is -0.130. The van der Waals surface area contributed by atoms with E-state index in [1.807, 2.05) is 32.6 Å². The van der Waals surface area contributed by atoms with E-state index in [4.69, 9.17) is 45.5 Å². The quantitative estimate of drug-likeness (QED) is 0.101. The Kier molecular flexibility index (Phi) is 9.25. The van der Waals surface area contributed by atoms with Gasteiger partial charge in [-0.25, -0.2) is 13.8 Å². The lowest BCUT2D eigenvalue weighted by Crippen LogP contribution is -2.58. The maximum Gasteiger partial charge on any atom is 0.276 e. The molecule has 5 rings (SSSR count). The number of benzene rings is 1. The number of fused-ring (bicyclic) bond motifs is 1. The van der Waals surface area contributed by atoms with E-state index in [1.165, 1.54) is 16.7 Å². The van der Waals surface area contributed by atoms with Gasteiger partial charge in [0.05, 0.1) is 43.5 Å². The first-order valence-corrected chi connectivity index (χ1v) is 15.8. The molecule has 1 aromatic carbocycles. The Bertz CT molecular complexity index is 2050. The molecule has 0 spiro atoms. The number of hydrogen-bond donors (Lipinski definition) is 1. The number of nitrogen functional groups attached to an aromatic ring is 1. The molecule has 0 aliphatic carbocycles. The average Bonchev–Trinajstić information content (AvgIpc) is 3.02. The first kappa shape index (κ1) is 34.1. The molecule has 2 N–H and O–H groups in total. The predicted molar refractivity (Wildman–Crippen MR) is 182 cm³/mol. The Morgan fingerprint density at radius 3 is 2.36 bits per heavy atom. The average molecular weight is 701 g/mol. The summed E-state index contributed by atoms with van der Waals surface area (Å²) in [4.78, 5) is 40.0. The van der Waals surface area contributed by atoms with Gasteiger partial charge in [-0.2, -0.15) is 5.26 Å². The summed E-state index contributed by atoms with van der Waals surface area (Å²) in [5.74, 6) is -3.27. The van der Waals surface area contributed by atoms with Crippen molar-refractivity contribution in [3.63, 3.8) is 0 Å². The first-order valence-electron chi connectivity index (χ1n) is 14.6. The number of nitrogens with zero attached hydrogens (tertiary/aromatic N) is 6. The molecule has 0 saturated carbocycles. The molecule has 0 radical (unpaired) electrons. The van der Waals surface area contributed by atoms with Gasteiger partial charge in [-0.1, -0.05) is 55.2 Å². The van der Waals surface area contributed by atoms with Crippen LogP contribution in [0.15, 0.2) is 35.8 Å². The van der Waals surface area contributed by atoms with Crippen LogP contribution >= 0.6 is 34.8 Å². The van der Waals surface area contributed by atoms with Crippen molar-refractivity contribution >= 4 is 63.1 Å². The van der Waals surface area contributed by atoms with Crippen molar-refractivity contribution < 1.29 is 13.6 Å². The Hall–Kier alpha value is -4.24. The van der Waals surface area contributed by atoms with Crippen LogP contribution in [0.3, 0.4) is 0 Å². The number of aryl methyl sites for hydroxylation is 1. The summed E-state index contributed by atoms with van der Waals surface area (Å²) in [7, 11) is 0. The largest absolute Gasteiger partial charge is 0.396 e. The summed E-state index contributed by atoms with van der Waals surface area (Å²) >= 11 is 19.3. The number of pyridine rings is 3. The van der Waals surface area contributed by atoms with E-state index in [0.717, 1.165) is 0 Å². The highest BCUT2D eigenvalue weighted by Crippen LogP contribution is 2.45. The van der Waals surface area contributed by atoms with E-state index < -0.39 is 32.9 Å². The van der Waals surface area contributed by atoms with Crippen molar-refractivity contribution in [1.29, 1.82) is 5.26 Å². The van der Waals surface area contributed by atoms with E-state index >= 15 is 0 Å². The van der Waals surface area contributed by atoms with Gasteiger partial charge in [-0.15, -0.1) is 0 Å². The number of carbonyl (C=O) groups excluding carboxylic acids is 1. The Morgan fingerprint density at radius 2 is 1.79 bits per heavy atom. The van der Waals surface area contributed by atoms with E-state index in [1.54, 1.807) is 24.1 Å². The molecule has 1 aliphatic heterocycles. The number of rotatable bonds is 5. The molecule has 1 saturated heterocycles. The van der Waals surface area contributed by atoms with Gasteiger partial charge in [0.1, 0.15) is 17.3 Å². The van der Waals surface area contributed by atoms with Gasteiger partial charge in [-0.3, -0.25) is 19.1 Å². The maximum atomic E-state index is 14.9. The van der Waals surface area contributed by atoms with Crippen molar-refractivity contribution in [3.8, 4) is 23.0 Å². The van der Waals surface area contributed by atoms with Crippen LogP contribution in [0, 0.1) is 29.9 Å². The van der Waals surface area contributed by atoms with Crippen LogP contribution < -0.4 is 16.2 Å². The van der Waals surface area contributed by atoms with Gasteiger partial charge in [-0.05, 0) is 50.5 Å². The zero-order valence-corrected chi connectivity index (χ0v) is 28.4.